The number of nitrogens with one attached hydrogen (secondary N) is 2. The Kier molecular flexibility index (Phi) is 3.47. The maximum Gasteiger partial charge on any atom is 0.216 e. The second kappa shape index (κ2) is 5.92. The summed E-state index contributed by atoms with van der Waals surface area (Å²) in [4.78, 5) is 17.3. The van der Waals surface area contributed by atoms with E-state index in [1.54, 1.807) is 30.7 Å². The Morgan fingerprint density at radius 3 is 2.79 bits per heavy atom. The number of carbonyl (C=O) groups excluding carboxylic acids is 1. The Labute approximate surface area is 137 Å². The monoisotopic (exact) mass is 315 g/mol. The number of ketones is 1. The first-order valence-electron chi connectivity index (χ1n) is 7.42. The molecule has 24 heavy (non-hydrogen) atoms. The summed E-state index contributed by atoms with van der Waals surface area (Å²) in [6, 6.07) is 14.8. The fourth-order valence-corrected chi connectivity index (χ4v) is 2.52. The molecule has 116 valence electrons. The van der Waals surface area contributed by atoms with Gasteiger partial charge in [-0.25, -0.2) is 0 Å². The zero-order valence-electron chi connectivity index (χ0n) is 12.6. The lowest BCUT2D eigenvalue weighted by atomic mass is 10.0. The van der Waals surface area contributed by atoms with Gasteiger partial charge in [-0.05, 0) is 18.2 Å². The van der Waals surface area contributed by atoms with Crippen molar-refractivity contribution in [2.24, 2.45) is 4.99 Å². The molecule has 2 N–H and O–H groups in total. The number of carbonyl (C=O) groups is 1. The van der Waals surface area contributed by atoms with Crippen molar-refractivity contribution in [1.82, 2.24) is 20.4 Å². The van der Waals surface area contributed by atoms with Gasteiger partial charge >= 0.3 is 0 Å². The van der Waals surface area contributed by atoms with Crippen molar-refractivity contribution in [3.8, 4) is 0 Å². The minimum Gasteiger partial charge on any atom is -0.287 e. The highest BCUT2D eigenvalue weighted by Gasteiger charge is 2.18. The van der Waals surface area contributed by atoms with E-state index >= 15 is 0 Å². The predicted molar refractivity (Wildman–Crippen MR) is 91.8 cm³/mol. The molecule has 0 aliphatic heterocycles. The first kappa shape index (κ1) is 14.1. The highest BCUT2D eigenvalue weighted by molar-refractivity contribution is 6.17. The zero-order valence-corrected chi connectivity index (χ0v) is 12.6. The molecule has 4 rings (SSSR count). The van der Waals surface area contributed by atoms with Gasteiger partial charge in [0.05, 0.1) is 17.4 Å². The summed E-state index contributed by atoms with van der Waals surface area (Å²) in [6.45, 7) is 0. The van der Waals surface area contributed by atoms with Gasteiger partial charge in [0.15, 0.2) is 0 Å². The second-order valence-electron chi connectivity index (χ2n) is 5.25. The van der Waals surface area contributed by atoms with E-state index in [0.717, 1.165) is 16.5 Å². The van der Waals surface area contributed by atoms with Gasteiger partial charge in [-0.3, -0.25) is 20.0 Å². The first-order chi connectivity index (χ1) is 11.8. The zero-order chi connectivity index (χ0) is 16.4. The normalized spacial score (nSPS) is 11.3. The number of hydrogen-bond donors (Lipinski definition) is 2. The topological polar surface area (TPSA) is 86.8 Å². The van der Waals surface area contributed by atoms with E-state index in [9.17, 15) is 4.79 Å². The molecular weight excluding hydrogens is 302 g/mol. The van der Waals surface area contributed by atoms with Gasteiger partial charge in [-0.1, -0.05) is 30.3 Å². The Hall–Kier alpha value is -3.54. The van der Waals surface area contributed by atoms with Crippen LogP contribution in [0.4, 0.5) is 5.69 Å². The fraction of sp³-hybridized carbons (Fsp3) is 0. The van der Waals surface area contributed by atoms with Gasteiger partial charge in [-0.2, -0.15) is 10.2 Å². The summed E-state index contributed by atoms with van der Waals surface area (Å²) in [7, 11) is 0. The van der Waals surface area contributed by atoms with E-state index in [1.165, 1.54) is 0 Å². The first-order valence-corrected chi connectivity index (χ1v) is 7.42. The van der Waals surface area contributed by atoms with Gasteiger partial charge < -0.3 is 0 Å². The third-order valence-electron chi connectivity index (χ3n) is 3.71. The summed E-state index contributed by atoms with van der Waals surface area (Å²) in [5.74, 6) is -0.160. The van der Waals surface area contributed by atoms with E-state index in [2.05, 4.69) is 25.4 Å². The van der Waals surface area contributed by atoms with Gasteiger partial charge in [0.2, 0.25) is 5.78 Å². The number of aliphatic imine (C=N–C) groups is 1. The van der Waals surface area contributed by atoms with Crippen molar-refractivity contribution < 1.29 is 4.79 Å². The summed E-state index contributed by atoms with van der Waals surface area (Å²) in [6.07, 6.45) is 5.06. The average molecular weight is 315 g/mol. The van der Waals surface area contributed by atoms with Crippen molar-refractivity contribution in [3.63, 3.8) is 0 Å². The number of para-hydroxylation sites is 2. The highest BCUT2D eigenvalue weighted by Crippen LogP contribution is 2.24. The molecule has 0 saturated heterocycles. The number of nitrogens with zero attached hydrogens (tertiary/aromatic N) is 3. The largest absolute Gasteiger partial charge is 0.287 e. The number of aromatic nitrogens is 4. The van der Waals surface area contributed by atoms with Gasteiger partial charge in [0.1, 0.15) is 5.69 Å². The lowest BCUT2D eigenvalue weighted by Crippen LogP contribution is -2.03. The molecule has 2 heterocycles. The van der Waals surface area contributed by atoms with Crippen LogP contribution < -0.4 is 0 Å². The van der Waals surface area contributed by atoms with E-state index < -0.39 is 0 Å². The molecule has 0 aliphatic carbocycles. The SMILES string of the molecule is O=C(c1ccccc1N=Cc1cn[nH]c1)c1n[nH]c2ccccc12. The molecule has 0 amide bonds. The summed E-state index contributed by atoms with van der Waals surface area (Å²) >= 11 is 0. The third kappa shape index (κ3) is 2.50. The smallest absolute Gasteiger partial charge is 0.216 e. The maximum absolute atomic E-state index is 12.9. The highest BCUT2D eigenvalue weighted by atomic mass is 16.1. The Bertz CT molecular complexity index is 1030. The van der Waals surface area contributed by atoms with Crippen LogP contribution in [0.15, 0.2) is 65.9 Å². The van der Waals surface area contributed by atoms with Crippen LogP contribution in [0.5, 0.6) is 0 Å². The molecule has 2 aromatic heterocycles. The van der Waals surface area contributed by atoms with Crippen LogP contribution in [0.1, 0.15) is 21.6 Å². The molecule has 2 aromatic carbocycles. The van der Waals surface area contributed by atoms with Crippen LogP contribution in [0.25, 0.3) is 10.9 Å². The molecule has 4 aromatic rings. The van der Waals surface area contributed by atoms with Crippen molar-refractivity contribution >= 4 is 28.6 Å². The van der Waals surface area contributed by atoms with E-state index in [1.807, 2.05) is 36.4 Å². The Balaban J connectivity index is 1.75. The maximum atomic E-state index is 12.9. The molecule has 0 spiro atoms. The van der Waals surface area contributed by atoms with Crippen molar-refractivity contribution in [3.05, 3.63) is 77.7 Å². The van der Waals surface area contributed by atoms with E-state index in [-0.39, 0.29) is 5.78 Å². The van der Waals surface area contributed by atoms with Gasteiger partial charge in [0.25, 0.3) is 0 Å². The minimum absolute atomic E-state index is 0.160. The van der Waals surface area contributed by atoms with Crippen LogP contribution in [-0.4, -0.2) is 32.4 Å². The van der Waals surface area contributed by atoms with E-state index in [4.69, 9.17) is 0 Å². The molecule has 0 fully saturated rings. The van der Waals surface area contributed by atoms with Gasteiger partial charge in [0, 0.05) is 28.9 Å². The number of rotatable bonds is 4. The lowest BCUT2D eigenvalue weighted by molar-refractivity contribution is 0.103. The van der Waals surface area contributed by atoms with E-state index in [0.29, 0.717) is 16.9 Å². The Morgan fingerprint density at radius 1 is 1.08 bits per heavy atom. The average Bonchev–Trinajstić information content (AvgIpc) is 3.29. The molecule has 6 heteroatoms. The summed E-state index contributed by atoms with van der Waals surface area (Å²) in [5.41, 5.74) is 3.17. The number of fused-ring (bicyclic) bond motifs is 1. The molecule has 0 saturated carbocycles. The quantitative estimate of drug-likeness (QED) is 0.447. The van der Waals surface area contributed by atoms with Crippen LogP contribution in [-0.2, 0) is 0 Å². The van der Waals surface area contributed by atoms with Crippen LogP contribution in [0, 0.1) is 0 Å². The number of aromatic amines is 2. The van der Waals surface area contributed by atoms with Crippen molar-refractivity contribution in [2.45, 2.75) is 0 Å². The number of benzene rings is 2. The molecule has 0 atom stereocenters. The van der Waals surface area contributed by atoms with Crippen LogP contribution in [0.3, 0.4) is 0 Å². The van der Waals surface area contributed by atoms with Crippen LogP contribution >= 0.6 is 0 Å². The fourth-order valence-electron chi connectivity index (χ4n) is 2.52. The summed E-state index contributed by atoms with van der Waals surface area (Å²) < 4.78 is 0. The van der Waals surface area contributed by atoms with Crippen LogP contribution in [0.2, 0.25) is 0 Å². The summed E-state index contributed by atoms with van der Waals surface area (Å²) in [5, 5.41) is 14.5. The molecule has 0 radical (unpaired) electrons. The molecular formula is C18H13N5O. The van der Waals surface area contributed by atoms with Gasteiger partial charge in [-0.15, -0.1) is 0 Å². The Morgan fingerprint density at radius 2 is 1.92 bits per heavy atom. The number of H-pyrrole nitrogens is 2. The number of hydrogen-bond acceptors (Lipinski definition) is 4. The van der Waals surface area contributed by atoms with Crippen molar-refractivity contribution in [1.29, 1.82) is 0 Å². The third-order valence-corrected chi connectivity index (χ3v) is 3.71. The molecule has 0 unspecified atom stereocenters. The standard InChI is InChI=1S/C18H13N5O/c24-18(17-13-5-1-4-8-16(13)22-23-17)14-6-2-3-7-15(14)19-9-12-10-20-21-11-12/h1-11H,(H,20,21)(H,22,23). The predicted octanol–water partition coefficient (Wildman–Crippen LogP) is 3.27. The second-order valence-corrected chi connectivity index (χ2v) is 5.25. The molecule has 6 nitrogen and oxygen atoms in total. The van der Waals surface area contributed by atoms with Crippen molar-refractivity contribution in [2.75, 3.05) is 0 Å². The minimum atomic E-state index is -0.160. The molecule has 0 bridgehead atoms. The molecule has 0 aliphatic rings. The lowest BCUT2D eigenvalue weighted by Gasteiger charge is -2.03.